The van der Waals surface area contributed by atoms with Gasteiger partial charge in [-0.3, -0.25) is 24.5 Å². The quantitative estimate of drug-likeness (QED) is 0.477. The van der Waals surface area contributed by atoms with Gasteiger partial charge in [0.1, 0.15) is 5.25 Å². The molecule has 2 amide bonds. The average molecular weight is 391 g/mol. The Morgan fingerprint density at radius 2 is 1.81 bits per heavy atom. The first-order chi connectivity index (χ1) is 12.2. The molecule has 2 aromatic rings. The van der Waals surface area contributed by atoms with Crippen LogP contribution in [-0.2, 0) is 15.0 Å². The normalized spacial score (nSPS) is 23.7. The van der Waals surface area contributed by atoms with Crippen LogP contribution in [0.5, 0.6) is 0 Å². The number of anilines is 1. The lowest BCUT2D eigenvalue weighted by molar-refractivity contribution is -0.384. The van der Waals surface area contributed by atoms with Crippen LogP contribution < -0.4 is 9.77 Å². The van der Waals surface area contributed by atoms with Gasteiger partial charge in [0.25, 0.3) is 5.69 Å². The predicted octanol–water partition coefficient (Wildman–Crippen LogP) is 2.29. The number of benzene rings is 1. The zero-order chi connectivity index (χ0) is 18.8. The molecule has 4 rings (SSSR count). The highest BCUT2D eigenvalue weighted by Gasteiger charge is 2.59. The number of imide groups is 1. The molecule has 2 aliphatic heterocycles. The number of nitrogens with zero attached hydrogens (tertiary/aromatic N) is 2. The third-order valence-corrected chi connectivity index (χ3v) is 7.42. The SMILES string of the molecule is CC1(C)c2sc(=O)[nH]c2S[C@H]2C(=O)N(c3ccc([N+](=O)[O-])cc3)C(=O)[C@H]21. The van der Waals surface area contributed by atoms with Crippen LogP contribution in [-0.4, -0.2) is 27.0 Å². The van der Waals surface area contributed by atoms with Crippen molar-refractivity contribution in [2.45, 2.75) is 29.5 Å². The lowest BCUT2D eigenvalue weighted by atomic mass is 9.76. The van der Waals surface area contributed by atoms with Gasteiger partial charge in [-0.2, -0.15) is 0 Å². The summed E-state index contributed by atoms with van der Waals surface area (Å²) in [5.41, 5.74) is -0.467. The summed E-state index contributed by atoms with van der Waals surface area (Å²) in [7, 11) is 0. The number of H-pyrrole nitrogens is 1. The molecule has 1 aromatic heterocycles. The molecular formula is C16H13N3O5S2. The van der Waals surface area contributed by atoms with Crippen molar-refractivity contribution in [2.24, 2.45) is 5.92 Å². The van der Waals surface area contributed by atoms with E-state index in [0.29, 0.717) is 10.7 Å². The van der Waals surface area contributed by atoms with Gasteiger partial charge >= 0.3 is 4.87 Å². The van der Waals surface area contributed by atoms with Gasteiger partial charge < -0.3 is 4.98 Å². The van der Waals surface area contributed by atoms with Crippen LogP contribution in [0.15, 0.2) is 34.1 Å². The number of fused-ring (bicyclic) bond motifs is 2. The third-order valence-electron chi connectivity index (χ3n) is 4.80. The maximum Gasteiger partial charge on any atom is 0.305 e. The highest BCUT2D eigenvalue weighted by molar-refractivity contribution is 8.00. The largest absolute Gasteiger partial charge is 0.307 e. The molecule has 0 radical (unpaired) electrons. The molecule has 0 saturated carbocycles. The minimum atomic E-state index is -0.669. The van der Waals surface area contributed by atoms with Crippen LogP contribution in [0, 0.1) is 16.0 Å². The van der Waals surface area contributed by atoms with E-state index in [-0.39, 0.29) is 22.4 Å². The van der Waals surface area contributed by atoms with Crippen LogP contribution >= 0.6 is 23.1 Å². The topological polar surface area (TPSA) is 113 Å². The lowest BCUT2D eigenvalue weighted by Gasteiger charge is -2.36. The van der Waals surface area contributed by atoms with Gasteiger partial charge in [-0.05, 0) is 12.1 Å². The molecule has 1 N–H and O–H groups in total. The van der Waals surface area contributed by atoms with Crippen LogP contribution in [0.4, 0.5) is 11.4 Å². The van der Waals surface area contributed by atoms with E-state index in [4.69, 9.17) is 0 Å². The average Bonchev–Trinajstić information content (AvgIpc) is 3.07. The molecule has 134 valence electrons. The molecule has 1 saturated heterocycles. The van der Waals surface area contributed by atoms with Crippen molar-refractivity contribution in [1.29, 1.82) is 0 Å². The number of amides is 2. The van der Waals surface area contributed by atoms with Crippen molar-refractivity contribution in [3.8, 4) is 0 Å². The molecule has 0 aliphatic carbocycles. The van der Waals surface area contributed by atoms with Crippen molar-refractivity contribution in [3.63, 3.8) is 0 Å². The number of non-ortho nitro benzene ring substituents is 1. The fourth-order valence-corrected chi connectivity index (χ4v) is 6.30. The van der Waals surface area contributed by atoms with Crippen molar-refractivity contribution < 1.29 is 14.5 Å². The summed E-state index contributed by atoms with van der Waals surface area (Å²) >= 11 is 2.27. The van der Waals surface area contributed by atoms with E-state index in [0.717, 1.165) is 21.1 Å². The van der Waals surface area contributed by atoms with E-state index >= 15 is 0 Å². The zero-order valence-corrected chi connectivity index (χ0v) is 15.3. The number of rotatable bonds is 2. The first kappa shape index (κ1) is 17.0. The monoisotopic (exact) mass is 391 g/mol. The molecule has 3 heterocycles. The maximum absolute atomic E-state index is 13.1. The number of carbonyl (C=O) groups excluding carboxylic acids is 2. The van der Waals surface area contributed by atoms with Gasteiger partial charge in [0.2, 0.25) is 11.8 Å². The zero-order valence-electron chi connectivity index (χ0n) is 13.7. The Morgan fingerprint density at radius 1 is 1.15 bits per heavy atom. The fraction of sp³-hybridized carbons (Fsp3) is 0.312. The highest BCUT2D eigenvalue weighted by Crippen LogP contribution is 2.53. The summed E-state index contributed by atoms with van der Waals surface area (Å²) in [5, 5.41) is 10.8. The molecule has 8 nitrogen and oxygen atoms in total. The summed E-state index contributed by atoms with van der Waals surface area (Å²) in [6.45, 7) is 3.72. The van der Waals surface area contributed by atoms with Gasteiger partial charge in [0, 0.05) is 22.4 Å². The number of carbonyl (C=O) groups is 2. The van der Waals surface area contributed by atoms with Crippen LogP contribution in [0.1, 0.15) is 18.7 Å². The first-order valence-electron chi connectivity index (χ1n) is 7.74. The van der Waals surface area contributed by atoms with E-state index in [1.807, 2.05) is 13.8 Å². The van der Waals surface area contributed by atoms with E-state index < -0.39 is 21.5 Å². The number of hydrogen-bond donors (Lipinski definition) is 1. The Hall–Kier alpha value is -2.46. The number of thioether (sulfide) groups is 1. The van der Waals surface area contributed by atoms with Gasteiger partial charge in [0.15, 0.2) is 0 Å². The smallest absolute Gasteiger partial charge is 0.305 e. The van der Waals surface area contributed by atoms with Gasteiger partial charge in [-0.15, -0.1) is 0 Å². The number of nitro groups is 1. The molecule has 2 aliphatic rings. The van der Waals surface area contributed by atoms with Crippen LogP contribution in [0.25, 0.3) is 0 Å². The third kappa shape index (κ3) is 2.25. The number of nitrogens with one attached hydrogen (secondary N) is 1. The first-order valence-corrected chi connectivity index (χ1v) is 9.44. The Labute approximate surface area is 155 Å². The second kappa shape index (κ2) is 5.52. The van der Waals surface area contributed by atoms with Gasteiger partial charge in [0.05, 0.1) is 21.6 Å². The van der Waals surface area contributed by atoms with Gasteiger partial charge in [-0.25, -0.2) is 4.90 Å². The molecule has 0 spiro atoms. The number of nitro benzene ring substituents is 1. The number of aromatic nitrogens is 1. The Kier molecular flexibility index (Phi) is 3.60. The van der Waals surface area contributed by atoms with E-state index in [1.54, 1.807) is 0 Å². The molecule has 26 heavy (non-hydrogen) atoms. The second-order valence-corrected chi connectivity index (χ2v) is 8.83. The molecule has 1 aromatic carbocycles. The lowest BCUT2D eigenvalue weighted by Crippen LogP contribution is -2.41. The molecule has 2 atom stereocenters. The molecule has 1 fully saturated rings. The summed E-state index contributed by atoms with van der Waals surface area (Å²) in [5.74, 6) is -1.32. The van der Waals surface area contributed by atoms with Crippen molar-refractivity contribution in [1.82, 2.24) is 4.98 Å². The molecule has 0 unspecified atom stereocenters. The second-order valence-electron chi connectivity index (χ2n) is 6.70. The summed E-state index contributed by atoms with van der Waals surface area (Å²) in [6.07, 6.45) is 0. The number of aromatic amines is 1. The number of thiazole rings is 1. The Morgan fingerprint density at radius 3 is 2.42 bits per heavy atom. The Balaban J connectivity index is 1.76. The summed E-state index contributed by atoms with van der Waals surface area (Å²) < 4.78 is 0. The van der Waals surface area contributed by atoms with E-state index in [2.05, 4.69) is 4.98 Å². The van der Waals surface area contributed by atoms with Gasteiger partial charge in [-0.1, -0.05) is 36.9 Å². The minimum Gasteiger partial charge on any atom is -0.307 e. The fourth-order valence-electron chi connectivity index (χ4n) is 3.52. The van der Waals surface area contributed by atoms with Crippen LogP contribution in [0.2, 0.25) is 0 Å². The highest BCUT2D eigenvalue weighted by atomic mass is 32.2. The number of hydrogen-bond acceptors (Lipinski definition) is 7. The molecule has 0 bridgehead atoms. The molecule has 10 heteroatoms. The van der Waals surface area contributed by atoms with Crippen LogP contribution in [0.3, 0.4) is 0 Å². The van der Waals surface area contributed by atoms with Crippen molar-refractivity contribution in [2.75, 3.05) is 4.90 Å². The standard InChI is InChI=1S/C16H13N3O5S2/c1-16(2)9-10(25-12-11(16)26-15(22)17-12)14(21)18(13(9)20)7-3-5-8(6-4-7)19(23)24/h3-6,9-10H,1-2H3,(H,17,22)/t9-,10+/m0/s1. The van der Waals surface area contributed by atoms with E-state index in [9.17, 15) is 24.5 Å². The van der Waals surface area contributed by atoms with Crippen molar-refractivity contribution >= 4 is 46.3 Å². The summed E-state index contributed by atoms with van der Waals surface area (Å²) in [6, 6.07) is 5.34. The maximum atomic E-state index is 13.1. The van der Waals surface area contributed by atoms with Crippen molar-refractivity contribution in [3.05, 3.63) is 48.9 Å². The summed E-state index contributed by atoms with van der Waals surface area (Å²) in [4.78, 5) is 52.4. The molecular weight excluding hydrogens is 378 g/mol. The minimum absolute atomic E-state index is 0.111. The Bertz CT molecular complexity index is 1010. The van der Waals surface area contributed by atoms with E-state index in [1.165, 1.54) is 36.0 Å². The predicted molar refractivity (Wildman–Crippen MR) is 96.7 cm³/mol.